The molecule has 0 aliphatic heterocycles. The van der Waals surface area contributed by atoms with E-state index in [1.807, 2.05) is 37.3 Å². The average Bonchev–Trinajstić information content (AvgIpc) is 3.56. The van der Waals surface area contributed by atoms with Crippen LogP contribution in [0.1, 0.15) is 27.2 Å². The number of carbonyl (C=O) groups excluding carboxylic acids is 2. The normalized spacial score (nSPS) is 12.1. The number of rotatable bonds is 14. The zero-order valence-corrected chi connectivity index (χ0v) is 26.3. The number of thiophene rings is 1. The van der Waals surface area contributed by atoms with Crippen molar-refractivity contribution in [2.24, 2.45) is 20.5 Å². The van der Waals surface area contributed by atoms with Gasteiger partial charge in [-0.3, -0.25) is 4.79 Å². The summed E-state index contributed by atoms with van der Waals surface area (Å²) in [7, 11) is 0. The summed E-state index contributed by atoms with van der Waals surface area (Å²) < 4.78 is 16.6. The van der Waals surface area contributed by atoms with Crippen molar-refractivity contribution in [1.82, 2.24) is 4.98 Å². The molecule has 14 heteroatoms. The van der Waals surface area contributed by atoms with Crippen LogP contribution in [0.25, 0.3) is 9.53 Å². The minimum Gasteiger partial charge on any atom is -0.460 e. The van der Waals surface area contributed by atoms with E-state index in [1.165, 1.54) is 22.7 Å². The predicted molar refractivity (Wildman–Crippen MR) is 172 cm³/mol. The first-order chi connectivity index (χ1) is 20.7. The van der Waals surface area contributed by atoms with Crippen molar-refractivity contribution in [1.29, 1.82) is 0 Å². The maximum atomic E-state index is 11.6. The Labute approximate surface area is 262 Å². The average molecular weight is 639 g/mol. The fourth-order valence-electron chi connectivity index (χ4n) is 3.51. The molecule has 43 heavy (non-hydrogen) atoms. The van der Waals surface area contributed by atoms with Crippen LogP contribution in [0, 0.1) is 0 Å². The maximum absolute atomic E-state index is 11.6. The van der Waals surface area contributed by atoms with Crippen LogP contribution in [0.15, 0.2) is 87.2 Å². The Morgan fingerprint density at radius 3 is 2.30 bits per heavy atom. The van der Waals surface area contributed by atoms with Gasteiger partial charge in [0, 0.05) is 24.2 Å². The molecule has 4 rings (SSSR count). The highest BCUT2D eigenvalue weighted by Gasteiger charge is 2.11. The minimum atomic E-state index is -0.981. The van der Waals surface area contributed by atoms with Gasteiger partial charge >= 0.3 is 11.9 Å². The van der Waals surface area contributed by atoms with Crippen molar-refractivity contribution in [2.45, 2.75) is 32.8 Å². The second-order valence-electron chi connectivity index (χ2n) is 8.93. The number of carbonyl (C=O) groups is 2. The van der Waals surface area contributed by atoms with E-state index in [1.54, 1.807) is 38.1 Å². The monoisotopic (exact) mass is 638 g/mol. The molecule has 11 nitrogen and oxygen atoms in total. The molecular weight excluding hydrogens is 609 g/mol. The van der Waals surface area contributed by atoms with Crippen LogP contribution in [-0.2, 0) is 19.1 Å². The Morgan fingerprint density at radius 1 is 1.00 bits per heavy atom. The minimum absolute atomic E-state index is 0.245. The molecule has 0 saturated heterocycles. The Morgan fingerprint density at radius 2 is 1.67 bits per heavy atom. The Balaban J connectivity index is 1.30. The van der Waals surface area contributed by atoms with Crippen molar-refractivity contribution in [3.8, 4) is 5.75 Å². The second kappa shape index (κ2) is 15.4. The van der Waals surface area contributed by atoms with Gasteiger partial charge in [-0.2, -0.15) is 0 Å². The highest BCUT2D eigenvalue weighted by molar-refractivity contribution is 7.80. The maximum Gasteiger partial charge on any atom is 0.333 e. The van der Waals surface area contributed by atoms with Gasteiger partial charge in [-0.25, -0.2) is 9.78 Å². The summed E-state index contributed by atoms with van der Waals surface area (Å²) in [5, 5.41) is 18.5. The molecule has 0 unspecified atom stereocenters. The van der Waals surface area contributed by atoms with Gasteiger partial charge in [0.25, 0.3) is 5.62 Å². The third-order valence-electron chi connectivity index (χ3n) is 5.71. The van der Waals surface area contributed by atoms with E-state index >= 15 is 0 Å². The van der Waals surface area contributed by atoms with Gasteiger partial charge in [0.2, 0.25) is 5.13 Å². The molecule has 0 aliphatic carbocycles. The van der Waals surface area contributed by atoms with Crippen molar-refractivity contribution in [3.05, 3.63) is 66.7 Å². The summed E-state index contributed by atoms with van der Waals surface area (Å²) in [6.07, 6.45) is 0.245. The van der Waals surface area contributed by atoms with Crippen LogP contribution in [0.4, 0.5) is 27.2 Å². The summed E-state index contributed by atoms with van der Waals surface area (Å²) in [5.74, 6) is -0.289. The molecule has 0 N–H and O–H groups in total. The number of likely N-dealkylation sites (N-methyl/N-ethyl adjacent to an activating group) is 1. The summed E-state index contributed by atoms with van der Waals surface area (Å²) >= 11 is 6.93. The lowest BCUT2D eigenvalue weighted by molar-refractivity contribution is -0.153. The molecule has 0 aliphatic rings. The number of fused-ring (bicyclic) bond motifs is 1. The molecule has 0 saturated carbocycles. The van der Waals surface area contributed by atoms with Crippen LogP contribution >= 0.6 is 35.3 Å². The highest BCUT2D eigenvalue weighted by Crippen LogP contribution is 2.39. The van der Waals surface area contributed by atoms with Crippen LogP contribution in [-0.4, -0.2) is 42.2 Å². The van der Waals surface area contributed by atoms with E-state index in [4.69, 9.17) is 14.2 Å². The van der Waals surface area contributed by atoms with Crippen molar-refractivity contribution in [2.75, 3.05) is 24.6 Å². The Bertz CT molecular complexity index is 1580. The predicted octanol–water partition coefficient (Wildman–Crippen LogP) is 8.68. The molecular formula is C29H30N6O5S3. The van der Waals surface area contributed by atoms with Crippen LogP contribution in [0.2, 0.25) is 0 Å². The first-order valence-corrected chi connectivity index (χ1v) is 15.4. The molecule has 4 aromatic rings. The highest BCUT2D eigenvalue weighted by atomic mass is 32.1. The number of aromatic nitrogens is 1. The Kier molecular flexibility index (Phi) is 11.4. The van der Waals surface area contributed by atoms with Gasteiger partial charge in [-0.1, -0.05) is 48.8 Å². The van der Waals surface area contributed by atoms with Gasteiger partial charge < -0.3 is 19.1 Å². The van der Waals surface area contributed by atoms with Crippen LogP contribution in [0.5, 0.6) is 5.75 Å². The number of thiazole rings is 1. The number of esters is 2. The zero-order chi connectivity index (χ0) is 30.8. The van der Waals surface area contributed by atoms with Crippen LogP contribution < -0.4 is 9.64 Å². The fourth-order valence-corrected chi connectivity index (χ4v) is 5.60. The number of anilines is 1. The fraction of sp³-hybridized carbons (Fsp3) is 0.276. The molecule has 0 spiro atoms. The van der Waals surface area contributed by atoms with E-state index < -0.39 is 11.6 Å². The zero-order valence-electron chi connectivity index (χ0n) is 23.8. The SMILES string of the molecule is C=C(C)C(=O)OCCN(CC)c1ccc(N=Nc2nc3sc(N=Nc4ccc(O[C@H](S)OC(=O)CC)cc4)cc3s2)cc1. The van der Waals surface area contributed by atoms with E-state index in [0.29, 0.717) is 39.4 Å². The van der Waals surface area contributed by atoms with Crippen molar-refractivity contribution < 1.29 is 23.8 Å². The molecule has 1 atom stereocenters. The van der Waals surface area contributed by atoms with Crippen molar-refractivity contribution in [3.63, 3.8) is 0 Å². The number of azo groups is 2. The largest absolute Gasteiger partial charge is 0.460 e. The molecule has 224 valence electrons. The summed E-state index contributed by atoms with van der Waals surface area (Å²) in [6.45, 7) is 10.6. The van der Waals surface area contributed by atoms with E-state index in [9.17, 15) is 9.59 Å². The van der Waals surface area contributed by atoms with Gasteiger partial charge in [0.15, 0.2) is 0 Å². The van der Waals surface area contributed by atoms with Gasteiger partial charge in [-0.15, -0.1) is 20.5 Å². The smallest absolute Gasteiger partial charge is 0.333 e. The molecule has 0 bridgehead atoms. The first kappa shape index (κ1) is 31.8. The van der Waals surface area contributed by atoms with Gasteiger partial charge in [-0.05, 0) is 68.4 Å². The van der Waals surface area contributed by atoms with E-state index in [0.717, 1.165) is 21.8 Å². The van der Waals surface area contributed by atoms with Gasteiger partial charge in [0.05, 0.1) is 22.6 Å². The van der Waals surface area contributed by atoms with E-state index in [2.05, 4.69) is 49.5 Å². The number of nitrogens with zero attached hydrogens (tertiary/aromatic N) is 6. The summed E-state index contributed by atoms with van der Waals surface area (Å²) in [4.78, 5) is 30.4. The van der Waals surface area contributed by atoms with E-state index in [-0.39, 0.29) is 19.0 Å². The number of hydrogen-bond acceptors (Lipinski definition) is 14. The van der Waals surface area contributed by atoms with Crippen LogP contribution in [0.3, 0.4) is 0 Å². The number of hydrogen-bond donors (Lipinski definition) is 1. The van der Waals surface area contributed by atoms with Gasteiger partial charge in [0.1, 0.15) is 22.2 Å². The third kappa shape index (κ3) is 9.43. The quantitative estimate of drug-likeness (QED) is 0.0481. The molecule has 0 fully saturated rings. The summed E-state index contributed by atoms with van der Waals surface area (Å²) in [5.41, 5.74) is 1.73. The lowest BCUT2D eigenvalue weighted by Crippen LogP contribution is -2.28. The summed E-state index contributed by atoms with van der Waals surface area (Å²) in [6, 6.07) is 16.5. The lowest BCUT2D eigenvalue weighted by atomic mass is 10.2. The third-order valence-corrected chi connectivity index (χ3v) is 7.85. The molecule has 0 amide bonds. The number of thiol groups is 1. The number of ether oxygens (including phenoxy) is 3. The molecule has 2 aromatic carbocycles. The molecule has 0 radical (unpaired) electrons. The molecule has 2 aromatic heterocycles. The topological polar surface area (TPSA) is 127 Å². The number of benzene rings is 2. The first-order valence-electron chi connectivity index (χ1n) is 13.3. The standard InChI is InChI=1S/C29H30N6O5S3/c1-5-25(36)40-29(41)39-22-13-9-20(10-14-22)31-33-24-17-23-26(43-24)30-28(42-23)34-32-19-7-11-21(12-8-19)35(6-2)15-16-38-27(37)18(3)4/h7-14,17,29,41H,3,5-6,15-16H2,1-2,4H3/t29-/m0/s1. The van der Waals surface area contributed by atoms with Crippen molar-refractivity contribution >= 4 is 84.0 Å². The Hall–Kier alpha value is -4.14. The lowest BCUT2D eigenvalue weighted by Gasteiger charge is -2.22. The molecule has 2 heterocycles. The second-order valence-corrected chi connectivity index (χ2v) is 11.4.